The van der Waals surface area contributed by atoms with Crippen molar-refractivity contribution in [1.29, 1.82) is 0 Å². The first-order valence-electron chi connectivity index (χ1n) is 11.8. The van der Waals surface area contributed by atoms with Crippen LogP contribution in [0.25, 0.3) is 5.69 Å². The van der Waals surface area contributed by atoms with Crippen LogP contribution in [0.15, 0.2) is 85.2 Å². The number of carbonyl (C=O) groups is 1. The lowest BCUT2D eigenvalue weighted by atomic mass is 10.0. The Bertz CT molecular complexity index is 1440. The lowest BCUT2D eigenvalue weighted by Gasteiger charge is -2.29. The third-order valence-electron chi connectivity index (χ3n) is 6.30. The molecule has 3 heterocycles. The van der Waals surface area contributed by atoms with Crippen LogP contribution >= 0.6 is 12.2 Å². The Hall–Kier alpha value is -4.37. The number of hydrogen-bond donors (Lipinski definition) is 2. The monoisotopic (exact) mass is 513 g/mol. The number of hydrogen-bond acceptors (Lipinski definition) is 5. The highest BCUT2D eigenvalue weighted by molar-refractivity contribution is 7.80. The Morgan fingerprint density at radius 2 is 1.78 bits per heavy atom. The summed E-state index contributed by atoms with van der Waals surface area (Å²) in [6.07, 6.45) is 3.79. The Kier molecular flexibility index (Phi) is 6.78. The third-order valence-corrected chi connectivity index (χ3v) is 6.61. The second kappa shape index (κ2) is 10.3. The van der Waals surface area contributed by atoms with Gasteiger partial charge in [0.1, 0.15) is 17.5 Å². The zero-order valence-electron chi connectivity index (χ0n) is 20.7. The maximum absolute atomic E-state index is 11.9. The SMILES string of the molecule is COc1ccc(N2C(=S)N[C@@H](c3ccccn3)[C@H]2c2cccn2-c2ccccc2OC)cc1NC(C)=O. The van der Waals surface area contributed by atoms with E-state index in [0.717, 1.165) is 28.5 Å². The molecule has 5 rings (SSSR count). The maximum Gasteiger partial charge on any atom is 0.221 e. The van der Waals surface area contributed by atoms with Crippen LogP contribution in [0.5, 0.6) is 11.5 Å². The number of pyridine rings is 1. The van der Waals surface area contributed by atoms with Crippen LogP contribution in [-0.4, -0.2) is 34.8 Å². The summed E-state index contributed by atoms with van der Waals surface area (Å²) in [5.41, 5.74) is 4.13. The summed E-state index contributed by atoms with van der Waals surface area (Å²) in [7, 11) is 3.24. The second-order valence-electron chi connectivity index (χ2n) is 8.54. The smallest absolute Gasteiger partial charge is 0.221 e. The van der Waals surface area contributed by atoms with Gasteiger partial charge in [-0.1, -0.05) is 18.2 Å². The molecular weight excluding hydrogens is 486 g/mol. The van der Waals surface area contributed by atoms with Crippen molar-refractivity contribution in [2.75, 3.05) is 24.4 Å². The normalized spacial score (nSPS) is 16.8. The van der Waals surface area contributed by atoms with Crippen molar-refractivity contribution in [3.8, 4) is 17.2 Å². The number of benzene rings is 2. The molecule has 0 unspecified atom stereocenters. The average molecular weight is 514 g/mol. The molecule has 0 aliphatic carbocycles. The summed E-state index contributed by atoms with van der Waals surface area (Å²) in [5, 5.41) is 6.89. The molecular formula is C28H27N5O3S. The summed E-state index contributed by atoms with van der Waals surface area (Å²) in [6.45, 7) is 1.47. The number of rotatable bonds is 7. The van der Waals surface area contributed by atoms with E-state index in [4.69, 9.17) is 21.7 Å². The number of anilines is 2. The van der Waals surface area contributed by atoms with Crippen LogP contribution in [0.4, 0.5) is 11.4 Å². The lowest BCUT2D eigenvalue weighted by Crippen LogP contribution is -2.30. The van der Waals surface area contributed by atoms with Crippen molar-refractivity contribution in [3.63, 3.8) is 0 Å². The van der Waals surface area contributed by atoms with Crippen molar-refractivity contribution >= 4 is 34.6 Å². The van der Waals surface area contributed by atoms with Crippen molar-refractivity contribution < 1.29 is 14.3 Å². The van der Waals surface area contributed by atoms with E-state index in [1.165, 1.54) is 6.92 Å². The van der Waals surface area contributed by atoms with Gasteiger partial charge in [-0.3, -0.25) is 9.78 Å². The van der Waals surface area contributed by atoms with Gasteiger partial charge < -0.3 is 29.6 Å². The third kappa shape index (κ3) is 4.61. The van der Waals surface area contributed by atoms with E-state index >= 15 is 0 Å². The molecule has 1 saturated heterocycles. The number of carbonyl (C=O) groups excluding carboxylic acids is 1. The quantitative estimate of drug-likeness (QED) is 0.336. The van der Waals surface area contributed by atoms with Gasteiger partial charge in [-0.05, 0) is 66.8 Å². The Balaban J connectivity index is 1.68. The van der Waals surface area contributed by atoms with Crippen LogP contribution < -0.4 is 25.0 Å². The minimum Gasteiger partial charge on any atom is -0.495 e. The van der Waals surface area contributed by atoms with E-state index < -0.39 is 0 Å². The Morgan fingerprint density at radius 1 is 1.00 bits per heavy atom. The predicted molar refractivity (Wildman–Crippen MR) is 148 cm³/mol. The number of nitrogens with zero attached hydrogens (tertiary/aromatic N) is 3. The van der Waals surface area contributed by atoms with E-state index in [-0.39, 0.29) is 18.0 Å². The molecule has 1 fully saturated rings. The highest BCUT2D eigenvalue weighted by atomic mass is 32.1. The molecule has 2 N–H and O–H groups in total. The Labute approximate surface area is 220 Å². The molecule has 0 saturated carbocycles. The molecule has 9 heteroatoms. The average Bonchev–Trinajstić information content (AvgIpc) is 3.53. The van der Waals surface area contributed by atoms with Gasteiger partial charge in [0.05, 0.1) is 37.3 Å². The number of amides is 1. The largest absolute Gasteiger partial charge is 0.495 e. The molecule has 2 aromatic heterocycles. The van der Waals surface area contributed by atoms with Gasteiger partial charge in [0.25, 0.3) is 0 Å². The number of thiocarbonyl (C=S) groups is 1. The maximum atomic E-state index is 11.9. The number of methoxy groups -OCH3 is 2. The standard InChI is InChI=1S/C28H27N5O3S/c1-18(34)30-21-17-19(13-14-24(21)35-2)33-27(26(31-28(33)37)20-9-6-7-15-29-20)23-11-8-16-32(23)22-10-4-5-12-25(22)36-3/h4-17,26-27H,1-3H3,(H,30,34)(H,31,37)/t26-,27+/m0/s1. The molecule has 1 aliphatic rings. The summed E-state index contributed by atoms with van der Waals surface area (Å²) >= 11 is 5.89. The minimum absolute atomic E-state index is 0.189. The molecule has 0 spiro atoms. The summed E-state index contributed by atoms with van der Waals surface area (Å²) < 4.78 is 13.3. The van der Waals surface area contributed by atoms with Crippen LogP contribution in [0.3, 0.4) is 0 Å². The molecule has 0 bridgehead atoms. The summed E-state index contributed by atoms with van der Waals surface area (Å²) in [4.78, 5) is 18.6. The number of nitrogens with one attached hydrogen (secondary N) is 2. The summed E-state index contributed by atoms with van der Waals surface area (Å²) in [6, 6.07) is 23.0. The van der Waals surface area contributed by atoms with E-state index in [1.54, 1.807) is 20.4 Å². The van der Waals surface area contributed by atoms with Gasteiger partial charge in [0, 0.05) is 30.7 Å². The number of aromatic nitrogens is 2. The lowest BCUT2D eigenvalue weighted by molar-refractivity contribution is -0.114. The van der Waals surface area contributed by atoms with Crippen LogP contribution in [-0.2, 0) is 4.79 Å². The number of para-hydroxylation sites is 2. The van der Waals surface area contributed by atoms with Gasteiger partial charge in [-0.2, -0.15) is 0 Å². The first kappa shape index (κ1) is 24.3. The minimum atomic E-state index is -0.263. The van der Waals surface area contributed by atoms with E-state index in [0.29, 0.717) is 16.5 Å². The van der Waals surface area contributed by atoms with Gasteiger partial charge in [0.2, 0.25) is 5.91 Å². The fraction of sp³-hybridized carbons (Fsp3) is 0.179. The Morgan fingerprint density at radius 3 is 2.51 bits per heavy atom. The zero-order valence-corrected chi connectivity index (χ0v) is 21.5. The van der Waals surface area contributed by atoms with Crippen molar-refractivity contribution in [2.45, 2.75) is 19.0 Å². The van der Waals surface area contributed by atoms with E-state index in [9.17, 15) is 4.79 Å². The molecule has 2 atom stereocenters. The molecule has 0 radical (unpaired) electrons. The van der Waals surface area contributed by atoms with Gasteiger partial charge in [-0.25, -0.2) is 0 Å². The first-order chi connectivity index (χ1) is 18.0. The van der Waals surface area contributed by atoms with Gasteiger partial charge >= 0.3 is 0 Å². The highest BCUT2D eigenvalue weighted by Crippen LogP contribution is 2.44. The van der Waals surface area contributed by atoms with Crippen LogP contribution in [0, 0.1) is 0 Å². The second-order valence-corrected chi connectivity index (χ2v) is 8.92. The van der Waals surface area contributed by atoms with Gasteiger partial charge in [0.15, 0.2) is 5.11 Å². The molecule has 37 heavy (non-hydrogen) atoms. The van der Waals surface area contributed by atoms with Crippen LogP contribution in [0.2, 0.25) is 0 Å². The van der Waals surface area contributed by atoms with Gasteiger partial charge in [-0.15, -0.1) is 0 Å². The van der Waals surface area contributed by atoms with Crippen molar-refractivity contribution in [1.82, 2.24) is 14.9 Å². The fourth-order valence-corrected chi connectivity index (χ4v) is 5.10. The fourth-order valence-electron chi connectivity index (χ4n) is 4.75. The number of ether oxygens (including phenoxy) is 2. The molecule has 1 amide bonds. The highest BCUT2D eigenvalue weighted by Gasteiger charge is 2.42. The molecule has 1 aliphatic heterocycles. The zero-order chi connectivity index (χ0) is 25.9. The first-order valence-corrected chi connectivity index (χ1v) is 12.2. The molecule has 2 aromatic carbocycles. The van der Waals surface area contributed by atoms with E-state index in [2.05, 4.69) is 31.2 Å². The molecule has 188 valence electrons. The predicted octanol–water partition coefficient (Wildman–Crippen LogP) is 5.03. The topological polar surface area (TPSA) is 80.7 Å². The van der Waals surface area contributed by atoms with Crippen molar-refractivity contribution in [2.24, 2.45) is 0 Å². The van der Waals surface area contributed by atoms with E-state index in [1.807, 2.05) is 72.9 Å². The van der Waals surface area contributed by atoms with Crippen molar-refractivity contribution in [3.05, 3.63) is 96.6 Å². The molecule has 8 nitrogen and oxygen atoms in total. The molecule has 4 aromatic rings. The van der Waals surface area contributed by atoms with Crippen LogP contribution in [0.1, 0.15) is 30.4 Å². The summed E-state index contributed by atoms with van der Waals surface area (Å²) in [5.74, 6) is 1.13.